The highest BCUT2D eigenvalue weighted by atomic mass is 79.9. The highest BCUT2D eigenvalue weighted by Gasteiger charge is 2.04. The molecule has 2 aromatic carbocycles. The number of furan rings is 1. The van der Waals surface area contributed by atoms with Crippen LogP contribution in [0, 0.1) is 0 Å². The molecule has 7 heteroatoms. The van der Waals surface area contributed by atoms with Crippen LogP contribution in [0.5, 0.6) is 5.75 Å². The van der Waals surface area contributed by atoms with Gasteiger partial charge in [0.25, 0.3) is 5.91 Å². The van der Waals surface area contributed by atoms with Gasteiger partial charge in [0, 0.05) is 15.1 Å². The third-order valence-corrected chi connectivity index (χ3v) is 4.05. The first-order valence-corrected chi connectivity index (χ1v) is 8.83. The quantitative estimate of drug-likeness (QED) is 0.444. The molecule has 0 spiro atoms. The molecule has 1 heterocycles. The van der Waals surface area contributed by atoms with Gasteiger partial charge in [0.15, 0.2) is 6.61 Å². The summed E-state index contributed by atoms with van der Waals surface area (Å²) in [6.45, 7) is -0.137. The van der Waals surface area contributed by atoms with Crippen molar-refractivity contribution >= 4 is 39.7 Å². The van der Waals surface area contributed by atoms with E-state index in [0.717, 1.165) is 10.0 Å². The van der Waals surface area contributed by atoms with Crippen LogP contribution >= 0.6 is 27.5 Å². The zero-order chi connectivity index (χ0) is 18.4. The Kier molecular flexibility index (Phi) is 6.09. The summed E-state index contributed by atoms with van der Waals surface area (Å²) in [5, 5.41) is 4.53. The first kappa shape index (κ1) is 18.2. The van der Waals surface area contributed by atoms with Gasteiger partial charge in [0.05, 0.1) is 6.21 Å². The molecule has 0 saturated heterocycles. The van der Waals surface area contributed by atoms with Crippen LogP contribution in [0.3, 0.4) is 0 Å². The first-order valence-electron chi connectivity index (χ1n) is 7.66. The average molecular weight is 434 g/mol. The fourth-order valence-electron chi connectivity index (χ4n) is 2.10. The minimum absolute atomic E-state index is 0.137. The number of nitrogens with one attached hydrogen (secondary N) is 1. The number of amides is 1. The third kappa shape index (κ3) is 5.21. The topological polar surface area (TPSA) is 63.8 Å². The van der Waals surface area contributed by atoms with Gasteiger partial charge >= 0.3 is 0 Å². The van der Waals surface area contributed by atoms with Crippen molar-refractivity contribution in [2.45, 2.75) is 0 Å². The van der Waals surface area contributed by atoms with Gasteiger partial charge in [-0.05, 0) is 54.6 Å². The Morgan fingerprint density at radius 2 is 2.00 bits per heavy atom. The molecule has 0 aliphatic carbocycles. The lowest BCUT2D eigenvalue weighted by molar-refractivity contribution is -0.123. The van der Waals surface area contributed by atoms with Crippen LogP contribution in [0.25, 0.3) is 11.3 Å². The second kappa shape index (κ2) is 8.69. The Morgan fingerprint density at radius 3 is 2.77 bits per heavy atom. The first-order chi connectivity index (χ1) is 12.6. The van der Waals surface area contributed by atoms with Crippen molar-refractivity contribution in [1.29, 1.82) is 0 Å². The van der Waals surface area contributed by atoms with Gasteiger partial charge in [0.2, 0.25) is 0 Å². The van der Waals surface area contributed by atoms with Crippen molar-refractivity contribution in [3.05, 3.63) is 75.9 Å². The third-order valence-electron chi connectivity index (χ3n) is 3.30. The lowest BCUT2D eigenvalue weighted by atomic mass is 10.2. The summed E-state index contributed by atoms with van der Waals surface area (Å²) < 4.78 is 11.9. The van der Waals surface area contributed by atoms with Crippen LogP contribution in [-0.2, 0) is 4.79 Å². The molecule has 0 aliphatic rings. The lowest BCUT2D eigenvalue weighted by Gasteiger charge is -2.04. The van der Waals surface area contributed by atoms with Crippen LogP contribution in [0.1, 0.15) is 5.76 Å². The SMILES string of the molecule is O=C(COc1cccc(Br)c1)N/N=C/c1ccc(-c2ccc(Cl)cc2)o1. The molecule has 1 N–H and O–H groups in total. The summed E-state index contributed by atoms with van der Waals surface area (Å²) in [6, 6.07) is 18.1. The van der Waals surface area contributed by atoms with E-state index in [1.54, 1.807) is 30.3 Å². The molecule has 3 rings (SSSR count). The molecule has 3 aromatic rings. The van der Waals surface area contributed by atoms with Crippen molar-refractivity contribution in [3.8, 4) is 17.1 Å². The van der Waals surface area contributed by atoms with Crippen molar-refractivity contribution in [2.75, 3.05) is 6.61 Å². The monoisotopic (exact) mass is 432 g/mol. The molecule has 0 unspecified atom stereocenters. The van der Waals surface area contributed by atoms with Gasteiger partial charge in [0.1, 0.15) is 17.3 Å². The Hall–Kier alpha value is -2.57. The summed E-state index contributed by atoms with van der Waals surface area (Å²) in [5.41, 5.74) is 3.29. The lowest BCUT2D eigenvalue weighted by Crippen LogP contribution is -2.24. The number of hydrogen-bond donors (Lipinski definition) is 1. The van der Waals surface area contributed by atoms with Crippen LogP contribution < -0.4 is 10.2 Å². The molecular weight excluding hydrogens is 420 g/mol. The fraction of sp³-hybridized carbons (Fsp3) is 0.0526. The van der Waals surface area contributed by atoms with E-state index in [9.17, 15) is 4.79 Å². The van der Waals surface area contributed by atoms with E-state index in [2.05, 4.69) is 26.5 Å². The number of hydrogen-bond acceptors (Lipinski definition) is 4. The maximum absolute atomic E-state index is 11.7. The zero-order valence-electron chi connectivity index (χ0n) is 13.5. The number of rotatable bonds is 6. The van der Waals surface area contributed by atoms with Gasteiger partial charge in [-0.1, -0.05) is 33.6 Å². The van der Waals surface area contributed by atoms with Crippen molar-refractivity contribution in [2.24, 2.45) is 5.10 Å². The summed E-state index contributed by atoms with van der Waals surface area (Å²) in [7, 11) is 0. The summed E-state index contributed by atoms with van der Waals surface area (Å²) in [6.07, 6.45) is 1.43. The smallest absolute Gasteiger partial charge is 0.277 e. The number of carbonyl (C=O) groups excluding carboxylic acids is 1. The van der Waals surface area contributed by atoms with E-state index in [-0.39, 0.29) is 12.5 Å². The van der Waals surface area contributed by atoms with Crippen LogP contribution in [0.2, 0.25) is 5.02 Å². The maximum atomic E-state index is 11.7. The standard InChI is InChI=1S/C19H14BrClN2O3/c20-14-2-1-3-16(10-14)25-12-19(24)23-22-11-17-8-9-18(26-17)13-4-6-15(21)7-5-13/h1-11H,12H2,(H,23,24)/b22-11+. The molecule has 0 bridgehead atoms. The van der Waals surface area contributed by atoms with Crippen molar-refractivity contribution < 1.29 is 13.9 Å². The molecule has 5 nitrogen and oxygen atoms in total. The summed E-state index contributed by atoms with van der Waals surface area (Å²) in [4.78, 5) is 11.7. The normalized spacial score (nSPS) is 10.8. The molecule has 1 aromatic heterocycles. The van der Waals surface area contributed by atoms with Gasteiger partial charge in [-0.3, -0.25) is 4.79 Å². The molecule has 0 radical (unpaired) electrons. The second-order valence-corrected chi connectivity index (χ2v) is 6.60. The predicted molar refractivity (Wildman–Crippen MR) is 105 cm³/mol. The van der Waals surface area contributed by atoms with Crippen molar-refractivity contribution in [1.82, 2.24) is 5.43 Å². The highest BCUT2D eigenvalue weighted by molar-refractivity contribution is 9.10. The minimum Gasteiger partial charge on any atom is -0.484 e. The Morgan fingerprint density at radius 1 is 1.19 bits per heavy atom. The number of hydrazone groups is 1. The van der Waals surface area contributed by atoms with E-state index in [1.165, 1.54) is 6.21 Å². The Labute approximate surface area is 163 Å². The van der Waals surface area contributed by atoms with Crippen LogP contribution in [0.4, 0.5) is 0 Å². The van der Waals surface area contributed by atoms with Gasteiger partial charge in [-0.2, -0.15) is 5.10 Å². The number of ether oxygens (including phenoxy) is 1. The van der Waals surface area contributed by atoms with Crippen LogP contribution in [-0.4, -0.2) is 18.7 Å². The number of benzene rings is 2. The zero-order valence-corrected chi connectivity index (χ0v) is 15.8. The molecule has 26 heavy (non-hydrogen) atoms. The average Bonchev–Trinajstić information content (AvgIpc) is 3.09. The van der Waals surface area contributed by atoms with Crippen LogP contribution in [0.15, 0.2) is 74.7 Å². The molecule has 0 fully saturated rings. The van der Waals surface area contributed by atoms with Gasteiger partial charge < -0.3 is 9.15 Å². The van der Waals surface area contributed by atoms with Gasteiger partial charge in [-0.25, -0.2) is 5.43 Å². The molecular formula is C19H14BrClN2O3. The van der Waals surface area contributed by atoms with E-state index in [1.807, 2.05) is 30.3 Å². The summed E-state index contributed by atoms with van der Waals surface area (Å²) in [5.74, 6) is 1.43. The summed E-state index contributed by atoms with van der Waals surface area (Å²) >= 11 is 9.21. The molecule has 132 valence electrons. The predicted octanol–water partition coefficient (Wildman–Crippen LogP) is 4.89. The largest absolute Gasteiger partial charge is 0.484 e. The maximum Gasteiger partial charge on any atom is 0.277 e. The molecule has 0 aliphatic heterocycles. The second-order valence-electron chi connectivity index (χ2n) is 5.25. The van der Waals surface area contributed by atoms with E-state index in [4.69, 9.17) is 20.8 Å². The van der Waals surface area contributed by atoms with Gasteiger partial charge in [-0.15, -0.1) is 0 Å². The van der Waals surface area contributed by atoms with Crippen molar-refractivity contribution in [3.63, 3.8) is 0 Å². The van der Waals surface area contributed by atoms with E-state index in [0.29, 0.717) is 22.3 Å². The van der Waals surface area contributed by atoms with E-state index < -0.39 is 0 Å². The number of carbonyl (C=O) groups is 1. The molecule has 0 atom stereocenters. The fourth-order valence-corrected chi connectivity index (χ4v) is 2.60. The Balaban J connectivity index is 1.50. The minimum atomic E-state index is -0.370. The molecule has 0 saturated carbocycles. The molecule has 1 amide bonds. The van der Waals surface area contributed by atoms with E-state index >= 15 is 0 Å². The Bertz CT molecular complexity index is 923. The number of nitrogens with zero attached hydrogens (tertiary/aromatic N) is 1. The number of halogens is 2. The highest BCUT2D eigenvalue weighted by Crippen LogP contribution is 2.23.